The fourth-order valence-electron chi connectivity index (χ4n) is 3.33. The van der Waals surface area contributed by atoms with Crippen LogP contribution in [0.1, 0.15) is 5.56 Å². The predicted octanol–water partition coefficient (Wildman–Crippen LogP) is 6.20. The number of hydrogen-bond acceptors (Lipinski definition) is 5. The van der Waals surface area contributed by atoms with Gasteiger partial charge in [0.2, 0.25) is 5.90 Å². The maximum absolute atomic E-state index is 7.93. The Morgan fingerprint density at radius 3 is 2.62 bits per heavy atom. The van der Waals surface area contributed by atoms with Gasteiger partial charge in [-0.05, 0) is 29.8 Å². The van der Waals surface area contributed by atoms with E-state index in [1.165, 1.54) is 7.11 Å². The fourth-order valence-corrected chi connectivity index (χ4v) is 4.59. The summed E-state index contributed by atoms with van der Waals surface area (Å²) in [6, 6.07) is 17.9. The van der Waals surface area contributed by atoms with Crippen LogP contribution in [0.15, 0.2) is 67.0 Å². The first kappa shape index (κ1) is 19.8. The first-order chi connectivity index (χ1) is 14.2. The van der Waals surface area contributed by atoms with E-state index in [4.69, 9.17) is 19.9 Å². The average molecular weight is 515 g/mol. The molecule has 4 rings (SSSR count). The number of ether oxygens (including phenoxy) is 2. The fraction of sp³-hybridized carbons (Fsp3) is 0.0909. The monoisotopic (exact) mass is 515 g/mol. The summed E-state index contributed by atoms with van der Waals surface area (Å²) in [5, 5.41) is 8.97. The Bertz CT molecular complexity index is 1210. The molecule has 146 valence electrons. The molecule has 0 saturated heterocycles. The molecule has 0 aliphatic heterocycles. The minimum absolute atomic E-state index is 0.142. The first-order valence-corrected chi connectivity index (χ1v) is 12.1. The second kappa shape index (κ2) is 8.46. The van der Waals surface area contributed by atoms with Crippen molar-refractivity contribution in [2.45, 2.75) is 0 Å². The highest BCUT2D eigenvalue weighted by Crippen LogP contribution is 2.39. The second-order valence-corrected chi connectivity index (χ2v) is 8.06. The van der Waals surface area contributed by atoms with Crippen LogP contribution in [0.5, 0.6) is 5.75 Å². The second-order valence-electron chi connectivity index (χ2n) is 6.35. The van der Waals surface area contributed by atoms with E-state index in [0.29, 0.717) is 0 Å². The van der Waals surface area contributed by atoms with Gasteiger partial charge in [-0.3, -0.25) is 9.38 Å². The maximum atomic E-state index is 7.93. The molecule has 0 aliphatic carbocycles. The number of nitrogens with one attached hydrogen (secondary N) is 1. The number of rotatable bonds is 5. The molecule has 2 heterocycles. The Kier molecular flexibility index (Phi) is 5.77. The highest BCUT2D eigenvalue weighted by Gasteiger charge is 2.16. The number of methoxy groups -OCH3 is 2. The molecule has 5 nitrogen and oxygen atoms in total. The summed E-state index contributed by atoms with van der Waals surface area (Å²) in [4.78, 5) is 4.74. The molecule has 2 aromatic carbocycles. The van der Waals surface area contributed by atoms with Gasteiger partial charge >= 0.3 is 0 Å². The van der Waals surface area contributed by atoms with E-state index in [-0.39, 0.29) is 5.90 Å². The molecule has 0 saturated carbocycles. The van der Waals surface area contributed by atoms with Crippen molar-refractivity contribution in [3.05, 3.63) is 72.6 Å². The SMILES string of the molecule is COC(=N)c1cccc(-c2cnc3c(c2)c(-c2ccccc2OC)cn3SI)c1. The highest BCUT2D eigenvalue weighted by atomic mass is 127. The maximum Gasteiger partial charge on any atom is 0.212 e. The van der Waals surface area contributed by atoms with Crippen LogP contribution in [0, 0.1) is 5.41 Å². The zero-order valence-corrected chi connectivity index (χ0v) is 18.8. The lowest BCUT2D eigenvalue weighted by atomic mass is 10.0. The van der Waals surface area contributed by atoms with Crippen LogP contribution in [0.2, 0.25) is 0 Å². The Labute approximate surface area is 185 Å². The lowest BCUT2D eigenvalue weighted by Crippen LogP contribution is -2.00. The topological polar surface area (TPSA) is 60.1 Å². The van der Waals surface area contributed by atoms with Gasteiger partial charge in [-0.25, -0.2) is 4.98 Å². The number of benzene rings is 2. The summed E-state index contributed by atoms with van der Waals surface area (Å²) in [6.07, 6.45) is 3.96. The number of para-hydroxylation sites is 1. The highest BCUT2D eigenvalue weighted by molar-refractivity contribution is 14.2. The van der Waals surface area contributed by atoms with Crippen LogP contribution in [0.3, 0.4) is 0 Å². The number of aromatic nitrogens is 2. The standard InChI is InChI=1S/C22H18IN3O2S/c1-27-20-9-4-3-8-17(20)19-13-26(29-23)22-18(19)11-16(12-25-22)14-6-5-7-15(10-14)21(24)28-2/h3-13,24H,1-2H3. The Morgan fingerprint density at radius 1 is 1.03 bits per heavy atom. The third kappa shape index (κ3) is 3.72. The summed E-state index contributed by atoms with van der Waals surface area (Å²) in [5.74, 6) is 0.967. The first-order valence-electron chi connectivity index (χ1n) is 8.83. The Hall–Kier alpha value is -2.52. The van der Waals surface area contributed by atoms with Gasteiger partial charge in [0, 0.05) is 70.4 Å². The van der Waals surface area contributed by atoms with Gasteiger partial charge < -0.3 is 9.47 Å². The van der Waals surface area contributed by atoms with Crippen molar-refractivity contribution in [1.82, 2.24) is 8.96 Å². The normalized spacial score (nSPS) is 10.9. The number of pyridine rings is 1. The van der Waals surface area contributed by atoms with Crippen molar-refractivity contribution in [3.8, 4) is 28.0 Å². The van der Waals surface area contributed by atoms with Crippen LogP contribution in [-0.4, -0.2) is 29.1 Å². The Morgan fingerprint density at radius 2 is 1.86 bits per heavy atom. The summed E-state index contributed by atoms with van der Waals surface area (Å²) in [6.45, 7) is 0. The van der Waals surface area contributed by atoms with Crippen molar-refractivity contribution in [2.24, 2.45) is 0 Å². The van der Waals surface area contributed by atoms with E-state index >= 15 is 0 Å². The number of hydrogen-bond donors (Lipinski definition) is 1. The van der Waals surface area contributed by atoms with Crippen molar-refractivity contribution in [3.63, 3.8) is 0 Å². The van der Waals surface area contributed by atoms with Crippen molar-refractivity contribution in [2.75, 3.05) is 14.2 Å². The zero-order valence-electron chi connectivity index (χ0n) is 15.8. The molecule has 0 radical (unpaired) electrons. The third-order valence-corrected chi connectivity index (χ3v) is 6.45. The minimum atomic E-state index is 0.142. The molecule has 0 bridgehead atoms. The third-order valence-electron chi connectivity index (χ3n) is 4.75. The lowest BCUT2D eigenvalue weighted by Gasteiger charge is -2.08. The van der Waals surface area contributed by atoms with Gasteiger partial charge in [-0.15, -0.1) is 0 Å². The molecule has 29 heavy (non-hydrogen) atoms. The van der Waals surface area contributed by atoms with Gasteiger partial charge in [0.15, 0.2) is 5.65 Å². The molecule has 0 amide bonds. The molecule has 4 aromatic rings. The van der Waals surface area contributed by atoms with Gasteiger partial charge in [-0.2, -0.15) is 0 Å². The average Bonchev–Trinajstić information content (AvgIpc) is 3.16. The zero-order chi connectivity index (χ0) is 20.4. The van der Waals surface area contributed by atoms with E-state index in [1.54, 1.807) is 16.2 Å². The molecule has 0 aliphatic rings. The number of fused-ring (bicyclic) bond motifs is 1. The van der Waals surface area contributed by atoms with E-state index in [2.05, 4.69) is 43.5 Å². The van der Waals surface area contributed by atoms with Crippen LogP contribution in [0.25, 0.3) is 33.3 Å². The van der Waals surface area contributed by atoms with Crippen LogP contribution in [0.4, 0.5) is 0 Å². The molecule has 0 fully saturated rings. The van der Waals surface area contributed by atoms with E-state index < -0.39 is 0 Å². The van der Waals surface area contributed by atoms with Gasteiger partial charge in [0.05, 0.1) is 14.2 Å². The summed E-state index contributed by atoms with van der Waals surface area (Å²) in [5.41, 5.74) is 5.69. The van der Waals surface area contributed by atoms with Crippen molar-refractivity contribution >= 4 is 47.3 Å². The molecule has 0 atom stereocenters. The van der Waals surface area contributed by atoms with Gasteiger partial charge in [-0.1, -0.05) is 30.3 Å². The minimum Gasteiger partial charge on any atom is -0.496 e. The van der Waals surface area contributed by atoms with Crippen molar-refractivity contribution in [1.29, 1.82) is 5.41 Å². The largest absolute Gasteiger partial charge is 0.496 e. The molecule has 7 heteroatoms. The van der Waals surface area contributed by atoms with Crippen LogP contribution < -0.4 is 4.74 Å². The lowest BCUT2D eigenvalue weighted by molar-refractivity contribution is 0.401. The van der Waals surface area contributed by atoms with Crippen molar-refractivity contribution < 1.29 is 9.47 Å². The Balaban J connectivity index is 1.91. The van der Waals surface area contributed by atoms with Gasteiger partial charge in [0.1, 0.15) is 5.75 Å². The molecule has 1 N–H and O–H groups in total. The predicted molar refractivity (Wildman–Crippen MR) is 128 cm³/mol. The molecule has 2 aromatic heterocycles. The molecule has 0 spiro atoms. The molecular weight excluding hydrogens is 497 g/mol. The summed E-state index contributed by atoms with van der Waals surface area (Å²) < 4.78 is 12.7. The number of halogens is 1. The molecular formula is C22H18IN3O2S. The number of nitrogens with zero attached hydrogens (tertiary/aromatic N) is 2. The quantitative estimate of drug-likeness (QED) is 0.196. The summed E-state index contributed by atoms with van der Waals surface area (Å²) in [7, 11) is 4.77. The van der Waals surface area contributed by atoms with E-state index in [0.717, 1.165) is 44.6 Å². The summed E-state index contributed by atoms with van der Waals surface area (Å²) >= 11 is 2.26. The molecule has 0 unspecified atom stereocenters. The van der Waals surface area contributed by atoms with Crippen LogP contribution >= 0.6 is 30.3 Å². The van der Waals surface area contributed by atoms with E-state index in [1.807, 2.05) is 48.7 Å². The smallest absolute Gasteiger partial charge is 0.212 e. The van der Waals surface area contributed by atoms with Crippen LogP contribution in [-0.2, 0) is 4.74 Å². The van der Waals surface area contributed by atoms with Gasteiger partial charge in [0.25, 0.3) is 0 Å². The van der Waals surface area contributed by atoms with E-state index in [9.17, 15) is 0 Å².